The molecule has 4 nitrogen and oxygen atoms in total. The average Bonchev–Trinajstić information content (AvgIpc) is 2.35. The van der Waals surface area contributed by atoms with Crippen LogP contribution in [0.2, 0.25) is 0 Å². The molecule has 1 N–H and O–H groups in total. The standard InChI is InChI=1S/C11H12ClF3N2O2/c1-19-6-8(12)5-17-10(18)9-3-2-7(4-16-9)11(13,14)15/h2-4,8H,5-6H2,1H3,(H,17,18). The number of nitrogens with zero attached hydrogens (tertiary/aromatic N) is 1. The molecule has 0 bridgehead atoms. The summed E-state index contributed by atoms with van der Waals surface area (Å²) in [6, 6.07) is 1.81. The van der Waals surface area contributed by atoms with Crippen LogP contribution in [0.25, 0.3) is 0 Å². The van der Waals surface area contributed by atoms with Crippen molar-refractivity contribution in [3.63, 3.8) is 0 Å². The molecule has 0 aromatic carbocycles. The summed E-state index contributed by atoms with van der Waals surface area (Å²) in [6.07, 6.45) is -3.86. The Hall–Kier alpha value is -1.34. The molecule has 0 saturated carbocycles. The van der Waals surface area contributed by atoms with E-state index in [0.29, 0.717) is 6.20 Å². The van der Waals surface area contributed by atoms with Crippen LogP contribution >= 0.6 is 11.6 Å². The number of hydrogen-bond donors (Lipinski definition) is 1. The highest BCUT2D eigenvalue weighted by Gasteiger charge is 2.30. The van der Waals surface area contributed by atoms with E-state index < -0.39 is 23.0 Å². The van der Waals surface area contributed by atoms with E-state index in [1.54, 1.807) is 0 Å². The fourth-order valence-corrected chi connectivity index (χ4v) is 1.43. The van der Waals surface area contributed by atoms with Gasteiger partial charge in [0.2, 0.25) is 0 Å². The minimum absolute atomic E-state index is 0.103. The minimum Gasteiger partial charge on any atom is -0.383 e. The van der Waals surface area contributed by atoms with Gasteiger partial charge in [-0.25, -0.2) is 0 Å². The van der Waals surface area contributed by atoms with E-state index in [0.717, 1.165) is 12.1 Å². The molecular weight excluding hydrogens is 285 g/mol. The number of aromatic nitrogens is 1. The van der Waals surface area contributed by atoms with Crippen LogP contribution in [-0.4, -0.2) is 36.5 Å². The van der Waals surface area contributed by atoms with Crippen LogP contribution in [0.1, 0.15) is 16.1 Å². The Kier molecular flexibility index (Phi) is 5.56. The molecule has 1 aromatic heterocycles. The Morgan fingerprint density at radius 2 is 2.21 bits per heavy atom. The van der Waals surface area contributed by atoms with Crippen LogP contribution in [-0.2, 0) is 10.9 Å². The smallest absolute Gasteiger partial charge is 0.383 e. The molecule has 1 amide bonds. The highest BCUT2D eigenvalue weighted by Crippen LogP contribution is 2.28. The van der Waals surface area contributed by atoms with Gasteiger partial charge in [0.1, 0.15) is 5.69 Å². The number of rotatable bonds is 5. The molecule has 1 unspecified atom stereocenters. The summed E-state index contributed by atoms with van der Waals surface area (Å²) < 4.78 is 41.6. The monoisotopic (exact) mass is 296 g/mol. The van der Waals surface area contributed by atoms with Crippen LogP contribution in [0.15, 0.2) is 18.3 Å². The molecule has 19 heavy (non-hydrogen) atoms. The van der Waals surface area contributed by atoms with E-state index in [9.17, 15) is 18.0 Å². The summed E-state index contributed by atoms with van der Waals surface area (Å²) in [6.45, 7) is 0.388. The summed E-state index contributed by atoms with van der Waals surface area (Å²) in [5.74, 6) is -0.588. The van der Waals surface area contributed by atoms with Crippen LogP contribution < -0.4 is 5.32 Å². The van der Waals surface area contributed by atoms with Crippen LogP contribution in [0.3, 0.4) is 0 Å². The maximum absolute atomic E-state index is 12.3. The molecule has 1 rings (SSSR count). The molecular formula is C11H12ClF3N2O2. The Labute approximate surface area is 112 Å². The van der Waals surface area contributed by atoms with Crippen molar-refractivity contribution in [2.75, 3.05) is 20.3 Å². The zero-order chi connectivity index (χ0) is 14.5. The van der Waals surface area contributed by atoms with Gasteiger partial charge in [0.05, 0.1) is 17.5 Å². The molecule has 0 radical (unpaired) electrons. The summed E-state index contributed by atoms with van der Waals surface area (Å²) in [7, 11) is 1.47. The highest BCUT2D eigenvalue weighted by molar-refractivity contribution is 6.21. The number of hydrogen-bond acceptors (Lipinski definition) is 3. The first-order valence-electron chi connectivity index (χ1n) is 5.29. The summed E-state index contributed by atoms with van der Waals surface area (Å²) in [4.78, 5) is 15.0. The molecule has 0 spiro atoms. The van der Waals surface area contributed by atoms with Gasteiger partial charge in [-0.3, -0.25) is 9.78 Å². The number of ether oxygens (including phenoxy) is 1. The third-order valence-corrected chi connectivity index (χ3v) is 2.44. The molecule has 1 heterocycles. The lowest BCUT2D eigenvalue weighted by atomic mass is 10.2. The number of carbonyl (C=O) groups is 1. The Morgan fingerprint density at radius 3 is 2.68 bits per heavy atom. The molecule has 0 aliphatic heterocycles. The molecule has 0 aliphatic rings. The van der Waals surface area contributed by atoms with Crippen molar-refractivity contribution in [1.82, 2.24) is 10.3 Å². The topological polar surface area (TPSA) is 51.2 Å². The lowest BCUT2D eigenvalue weighted by molar-refractivity contribution is -0.137. The molecule has 106 valence electrons. The lowest BCUT2D eigenvalue weighted by Crippen LogP contribution is -2.32. The van der Waals surface area contributed by atoms with Crippen molar-refractivity contribution < 1.29 is 22.7 Å². The van der Waals surface area contributed by atoms with Gasteiger partial charge in [-0.05, 0) is 12.1 Å². The van der Waals surface area contributed by atoms with E-state index >= 15 is 0 Å². The van der Waals surface area contributed by atoms with Gasteiger partial charge < -0.3 is 10.1 Å². The normalized spacial score (nSPS) is 13.1. The van der Waals surface area contributed by atoms with E-state index in [4.69, 9.17) is 16.3 Å². The molecule has 1 atom stereocenters. The van der Waals surface area contributed by atoms with Crippen molar-refractivity contribution in [2.45, 2.75) is 11.6 Å². The molecule has 0 fully saturated rings. The van der Waals surface area contributed by atoms with Crippen molar-refractivity contribution in [3.8, 4) is 0 Å². The predicted molar refractivity (Wildman–Crippen MR) is 63.1 cm³/mol. The maximum atomic E-state index is 12.3. The predicted octanol–water partition coefficient (Wildman–Crippen LogP) is 2.08. The Bertz CT molecular complexity index is 423. The number of pyridine rings is 1. The molecule has 0 saturated heterocycles. The molecule has 0 aliphatic carbocycles. The largest absolute Gasteiger partial charge is 0.417 e. The van der Waals surface area contributed by atoms with Gasteiger partial charge in [0.25, 0.3) is 5.91 Å². The fourth-order valence-electron chi connectivity index (χ4n) is 1.23. The van der Waals surface area contributed by atoms with E-state index in [-0.39, 0.29) is 18.8 Å². The summed E-state index contributed by atoms with van der Waals surface area (Å²) in [5, 5.41) is 2.03. The van der Waals surface area contributed by atoms with E-state index in [2.05, 4.69) is 10.3 Å². The number of methoxy groups -OCH3 is 1. The quantitative estimate of drug-likeness (QED) is 0.847. The zero-order valence-electron chi connectivity index (χ0n) is 10.00. The second-order valence-corrected chi connectivity index (χ2v) is 4.31. The third kappa shape index (κ3) is 5.04. The SMILES string of the molecule is COCC(Cl)CNC(=O)c1ccc(C(F)(F)F)cn1. The number of amides is 1. The molecule has 1 aromatic rings. The van der Waals surface area contributed by atoms with Gasteiger partial charge in [0, 0.05) is 19.9 Å². The first kappa shape index (κ1) is 15.7. The zero-order valence-corrected chi connectivity index (χ0v) is 10.8. The third-order valence-electron chi connectivity index (χ3n) is 2.16. The fraction of sp³-hybridized carbons (Fsp3) is 0.455. The van der Waals surface area contributed by atoms with Crippen molar-refractivity contribution in [1.29, 1.82) is 0 Å². The van der Waals surface area contributed by atoms with Gasteiger partial charge in [-0.15, -0.1) is 11.6 Å². The molecule has 8 heteroatoms. The first-order chi connectivity index (χ1) is 8.84. The van der Waals surface area contributed by atoms with Crippen LogP contribution in [0, 0.1) is 0 Å². The maximum Gasteiger partial charge on any atom is 0.417 e. The van der Waals surface area contributed by atoms with E-state index in [1.165, 1.54) is 7.11 Å². The van der Waals surface area contributed by atoms with Gasteiger partial charge in [0.15, 0.2) is 0 Å². The Balaban J connectivity index is 2.59. The van der Waals surface area contributed by atoms with Crippen molar-refractivity contribution >= 4 is 17.5 Å². The van der Waals surface area contributed by atoms with Gasteiger partial charge >= 0.3 is 6.18 Å². The van der Waals surface area contributed by atoms with Crippen LogP contribution in [0.4, 0.5) is 13.2 Å². The van der Waals surface area contributed by atoms with Crippen molar-refractivity contribution in [2.24, 2.45) is 0 Å². The number of alkyl halides is 4. The second kappa shape index (κ2) is 6.72. The number of halogens is 4. The highest BCUT2D eigenvalue weighted by atomic mass is 35.5. The number of carbonyl (C=O) groups excluding carboxylic acids is 1. The first-order valence-corrected chi connectivity index (χ1v) is 5.72. The average molecular weight is 297 g/mol. The summed E-state index contributed by atoms with van der Waals surface area (Å²) >= 11 is 5.79. The second-order valence-electron chi connectivity index (χ2n) is 3.69. The van der Waals surface area contributed by atoms with Crippen molar-refractivity contribution in [3.05, 3.63) is 29.6 Å². The lowest BCUT2D eigenvalue weighted by Gasteiger charge is -2.10. The van der Waals surface area contributed by atoms with Crippen LogP contribution in [0.5, 0.6) is 0 Å². The Morgan fingerprint density at radius 1 is 1.53 bits per heavy atom. The number of nitrogens with one attached hydrogen (secondary N) is 1. The van der Waals surface area contributed by atoms with E-state index in [1.807, 2.05) is 0 Å². The van der Waals surface area contributed by atoms with Gasteiger partial charge in [-0.1, -0.05) is 0 Å². The minimum atomic E-state index is -4.47. The summed E-state index contributed by atoms with van der Waals surface area (Å²) in [5.41, 5.74) is -1.01. The van der Waals surface area contributed by atoms with Gasteiger partial charge in [-0.2, -0.15) is 13.2 Å².